The Hall–Kier alpha value is -0.971. The van der Waals surface area contributed by atoms with Gasteiger partial charge in [-0.15, -0.1) is 0 Å². The summed E-state index contributed by atoms with van der Waals surface area (Å²) < 4.78 is 8.07. The number of hydrogen-bond donors (Lipinski definition) is 0. The van der Waals surface area contributed by atoms with Crippen molar-refractivity contribution in [2.24, 2.45) is 0 Å². The summed E-state index contributed by atoms with van der Waals surface area (Å²) >= 11 is 5.49. The molecule has 0 unspecified atom stereocenters. The summed E-state index contributed by atoms with van der Waals surface area (Å²) in [6.07, 6.45) is 0. The normalized spacial score (nSPS) is 10.5. The van der Waals surface area contributed by atoms with Gasteiger partial charge in [-0.05, 0) is 0 Å². The molecule has 0 aliphatic rings. The third kappa shape index (κ3) is 1.44. The number of fused-ring (bicyclic) bond motifs is 1. The van der Waals surface area contributed by atoms with Crippen molar-refractivity contribution in [3.63, 3.8) is 0 Å². The molecular formula is C6H2ClN3O2Se. The van der Waals surface area contributed by atoms with E-state index in [1.807, 2.05) is 0 Å². The molecule has 2 aromatic rings. The molecule has 5 nitrogen and oxygen atoms in total. The number of rotatable bonds is 1. The number of halogens is 1. The van der Waals surface area contributed by atoms with Crippen molar-refractivity contribution in [1.82, 2.24) is 7.96 Å². The molecule has 0 radical (unpaired) electrons. The molecule has 0 bridgehead atoms. The van der Waals surface area contributed by atoms with Gasteiger partial charge in [0.2, 0.25) is 0 Å². The monoisotopic (exact) mass is 263 g/mol. The van der Waals surface area contributed by atoms with Gasteiger partial charge in [0, 0.05) is 0 Å². The van der Waals surface area contributed by atoms with E-state index in [0.29, 0.717) is 11.0 Å². The second-order valence-corrected chi connectivity index (χ2v) is 3.83. The summed E-state index contributed by atoms with van der Waals surface area (Å²) in [5, 5.41) is 10.6. The van der Waals surface area contributed by atoms with Gasteiger partial charge in [0.05, 0.1) is 0 Å². The van der Waals surface area contributed by atoms with Gasteiger partial charge >= 0.3 is 83.4 Å². The van der Waals surface area contributed by atoms with Crippen molar-refractivity contribution < 1.29 is 4.92 Å². The third-order valence-corrected chi connectivity index (χ3v) is 2.99. The molecule has 66 valence electrons. The van der Waals surface area contributed by atoms with E-state index in [2.05, 4.69) is 7.96 Å². The van der Waals surface area contributed by atoms with E-state index in [0.717, 1.165) is 0 Å². The fourth-order valence-electron chi connectivity index (χ4n) is 0.935. The fraction of sp³-hybridized carbons (Fsp3) is 0. The second-order valence-electron chi connectivity index (χ2n) is 2.31. The van der Waals surface area contributed by atoms with E-state index >= 15 is 0 Å². The van der Waals surface area contributed by atoms with Crippen LogP contribution < -0.4 is 0 Å². The van der Waals surface area contributed by atoms with Crippen molar-refractivity contribution in [1.29, 1.82) is 0 Å². The summed E-state index contributed by atoms with van der Waals surface area (Å²) in [7, 11) is 0. The van der Waals surface area contributed by atoms with E-state index in [4.69, 9.17) is 11.6 Å². The predicted octanol–water partition coefficient (Wildman–Crippen LogP) is 1.25. The van der Waals surface area contributed by atoms with E-state index in [-0.39, 0.29) is 25.7 Å². The van der Waals surface area contributed by atoms with Gasteiger partial charge < -0.3 is 0 Å². The molecule has 7 heteroatoms. The van der Waals surface area contributed by atoms with E-state index in [9.17, 15) is 10.1 Å². The van der Waals surface area contributed by atoms with Crippen LogP contribution in [0.5, 0.6) is 0 Å². The zero-order chi connectivity index (χ0) is 9.42. The Labute approximate surface area is 83.7 Å². The molecule has 1 aromatic carbocycles. The Morgan fingerprint density at radius 3 is 2.62 bits per heavy atom. The zero-order valence-electron chi connectivity index (χ0n) is 6.10. The van der Waals surface area contributed by atoms with E-state index < -0.39 is 4.92 Å². The zero-order valence-corrected chi connectivity index (χ0v) is 8.57. The van der Waals surface area contributed by atoms with Crippen LogP contribution in [0.4, 0.5) is 5.69 Å². The van der Waals surface area contributed by atoms with Crippen molar-refractivity contribution in [2.75, 3.05) is 0 Å². The molecule has 0 N–H and O–H groups in total. The summed E-state index contributed by atoms with van der Waals surface area (Å²) in [4.78, 5) is 9.95. The van der Waals surface area contributed by atoms with Crippen LogP contribution in [0.2, 0.25) is 5.02 Å². The summed E-state index contributed by atoms with van der Waals surface area (Å²) in [5.41, 5.74) is 1.10. The molecule has 0 atom stereocenters. The van der Waals surface area contributed by atoms with Crippen LogP contribution in [0.25, 0.3) is 11.0 Å². The molecular weight excluding hydrogens is 260 g/mol. The van der Waals surface area contributed by atoms with Crippen LogP contribution in [-0.4, -0.2) is 27.8 Å². The first-order chi connectivity index (χ1) is 6.18. The number of benzene rings is 1. The molecule has 13 heavy (non-hydrogen) atoms. The molecule has 0 fully saturated rings. The molecule has 0 amide bonds. The average molecular weight is 263 g/mol. The van der Waals surface area contributed by atoms with Crippen LogP contribution in [0.15, 0.2) is 12.1 Å². The third-order valence-electron chi connectivity index (χ3n) is 1.52. The Morgan fingerprint density at radius 1 is 1.38 bits per heavy atom. The van der Waals surface area contributed by atoms with Gasteiger partial charge in [0.25, 0.3) is 0 Å². The molecule has 0 saturated carbocycles. The summed E-state index contributed by atoms with van der Waals surface area (Å²) in [6.45, 7) is 0. The minimum absolute atomic E-state index is 0.111. The Morgan fingerprint density at radius 2 is 2.00 bits per heavy atom. The van der Waals surface area contributed by atoms with Gasteiger partial charge in [0.1, 0.15) is 0 Å². The van der Waals surface area contributed by atoms with Crippen LogP contribution in [0.3, 0.4) is 0 Å². The number of hydrogen-bond acceptors (Lipinski definition) is 4. The molecule has 2 rings (SSSR count). The van der Waals surface area contributed by atoms with E-state index in [1.54, 1.807) is 0 Å². The van der Waals surface area contributed by atoms with Crippen LogP contribution in [0.1, 0.15) is 0 Å². The Balaban J connectivity index is 2.76. The fourth-order valence-corrected chi connectivity index (χ4v) is 2.23. The number of aromatic nitrogens is 2. The average Bonchev–Trinajstić information content (AvgIpc) is 2.48. The first-order valence-corrected chi connectivity index (χ1v) is 5.15. The van der Waals surface area contributed by atoms with Crippen molar-refractivity contribution in [3.05, 3.63) is 27.3 Å². The Kier molecular flexibility index (Phi) is 2.03. The second kappa shape index (κ2) is 3.06. The molecule has 0 saturated heterocycles. The molecule has 1 aromatic heterocycles. The maximum atomic E-state index is 10.5. The van der Waals surface area contributed by atoms with Gasteiger partial charge in [-0.1, -0.05) is 0 Å². The predicted molar refractivity (Wildman–Crippen MR) is 48.1 cm³/mol. The number of nitrogens with zero attached hydrogens (tertiary/aromatic N) is 3. The number of nitro groups is 1. The SMILES string of the molecule is O=[N+]([O-])c1cc2n[se]nc2cc1Cl. The van der Waals surface area contributed by atoms with Crippen molar-refractivity contribution >= 4 is 43.3 Å². The van der Waals surface area contributed by atoms with Crippen LogP contribution >= 0.6 is 11.6 Å². The first kappa shape index (κ1) is 8.62. The van der Waals surface area contributed by atoms with Gasteiger partial charge in [-0.25, -0.2) is 0 Å². The minimum atomic E-state index is -0.524. The van der Waals surface area contributed by atoms with E-state index in [1.165, 1.54) is 12.1 Å². The molecule has 1 heterocycles. The standard InChI is InChI=1S/C6H2ClN3O2Se/c7-3-1-4-5(9-13-8-4)2-6(3)10(11)12/h1-2H. The molecule has 0 aliphatic heterocycles. The van der Waals surface area contributed by atoms with Gasteiger partial charge in [0.15, 0.2) is 0 Å². The molecule has 0 aliphatic carbocycles. The van der Waals surface area contributed by atoms with Crippen LogP contribution in [-0.2, 0) is 0 Å². The maximum absolute atomic E-state index is 10.5. The number of nitro benzene ring substituents is 1. The first-order valence-electron chi connectivity index (χ1n) is 3.24. The summed E-state index contributed by atoms with van der Waals surface area (Å²) in [6, 6.07) is 2.84. The van der Waals surface area contributed by atoms with Crippen LogP contribution in [0, 0.1) is 10.1 Å². The Bertz CT molecular complexity index is 484. The van der Waals surface area contributed by atoms with Crippen molar-refractivity contribution in [2.45, 2.75) is 0 Å². The van der Waals surface area contributed by atoms with Crippen molar-refractivity contribution in [3.8, 4) is 0 Å². The summed E-state index contributed by atoms with van der Waals surface area (Å²) in [5.74, 6) is 0. The van der Waals surface area contributed by atoms with Gasteiger partial charge in [-0.3, -0.25) is 0 Å². The quantitative estimate of drug-likeness (QED) is 0.441. The topological polar surface area (TPSA) is 68.9 Å². The molecule has 0 spiro atoms. The van der Waals surface area contributed by atoms with Gasteiger partial charge in [-0.2, -0.15) is 0 Å².